The molecule has 1 amide bonds. The summed E-state index contributed by atoms with van der Waals surface area (Å²) in [5, 5.41) is 0.0495. The van der Waals surface area contributed by atoms with E-state index in [1.54, 1.807) is 22.6 Å². The minimum absolute atomic E-state index is 0.0495. The minimum atomic E-state index is -3.62. The summed E-state index contributed by atoms with van der Waals surface area (Å²) in [6.45, 7) is 3.52. The van der Waals surface area contributed by atoms with Gasteiger partial charge in [0.2, 0.25) is 0 Å². The van der Waals surface area contributed by atoms with E-state index in [4.69, 9.17) is 0 Å². The van der Waals surface area contributed by atoms with Crippen molar-refractivity contribution in [1.29, 1.82) is 0 Å². The van der Waals surface area contributed by atoms with Crippen molar-refractivity contribution in [2.45, 2.75) is 18.4 Å². The Hall–Kier alpha value is -2.19. The van der Waals surface area contributed by atoms with E-state index in [2.05, 4.69) is 4.98 Å². The van der Waals surface area contributed by atoms with E-state index in [1.807, 2.05) is 25.1 Å². The lowest BCUT2D eigenvalue weighted by atomic mass is 10.1. The smallest absolute Gasteiger partial charge is 0.262 e. The Kier molecular flexibility index (Phi) is 4.91. The van der Waals surface area contributed by atoms with Crippen LogP contribution in [0.25, 0.3) is 0 Å². The van der Waals surface area contributed by atoms with Crippen LogP contribution in [0.15, 0.2) is 41.8 Å². The van der Waals surface area contributed by atoms with Crippen molar-refractivity contribution >= 4 is 15.9 Å². The van der Waals surface area contributed by atoms with Gasteiger partial charge in [0, 0.05) is 45.0 Å². The first-order valence-corrected chi connectivity index (χ1v) is 9.66. The number of benzene rings is 1. The van der Waals surface area contributed by atoms with E-state index in [9.17, 15) is 13.2 Å². The van der Waals surface area contributed by atoms with E-state index in [1.165, 1.54) is 16.8 Å². The highest BCUT2D eigenvalue weighted by Crippen LogP contribution is 2.17. The van der Waals surface area contributed by atoms with Crippen molar-refractivity contribution in [2.75, 3.05) is 26.2 Å². The molecule has 3 rings (SSSR count). The lowest BCUT2D eigenvalue weighted by molar-refractivity contribution is 0.0764. The van der Waals surface area contributed by atoms with Gasteiger partial charge in [-0.25, -0.2) is 13.4 Å². The number of carbonyl (C=O) groups is 1. The number of amides is 1. The van der Waals surface area contributed by atoms with Crippen molar-refractivity contribution in [3.63, 3.8) is 0 Å². The van der Waals surface area contributed by atoms with Gasteiger partial charge in [-0.15, -0.1) is 0 Å². The number of hydrogen-bond donors (Lipinski definition) is 0. The average molecular weight is 362 g/mol. The standard InChI is InChI=1S/C17H22N4O3S/c1-14-5-3-6-15(11-14)17(22)20-7-4-8-21(10-9-20)25(23,24)16-12-19(2)13-18-16/h3,5-6,11-13H,4,7-10H2,1-2H3. The summed E-state index contributed by atoms with van der Waals surface area (Å²) >= 11 is 0. The van der Waals surface area contributed by atoms with Gasteiger partial charge in [0.25, 0.3) is 15.9 Å². The van der Waals surface area contributed by atoms with Crippen molar-refractivity contribution in [3.8, 4) is 0 Å². The zero-order chi connectivity index (χ0) is 18.0. The van der Waals surface area contributed by atoms with Crippen LogP contribution in [0.5, 0.6) is 0 Å². The fourth-order valence-electron chi connectivity index (χ4n) is 2.95. The van der Waals surface area contributed by atoms with Crippen molar-refractivity contribution in [2.24, 2.45) is 7.05 Å². The molecule has 1 aliphatic rings. The number of nitrogens with zero attached hydrogens (tertiary/aromatic N) is 4. The average Bonchev–Trinajstić information content (AvgIpc) is 2.87. The minimum Gasteiger partial charge on any atom is -0.339 e. The number of rotatable bonds is 3. The zero-order valence-corrected chi connectivity index (χ0v) is 15.2. The first-order valence-electron chi connectivity index (χ1n) is 8.22. The van der Waals surface area contributed by atoms with Crippen LogP contribution >= 0.6 is 0 Å². The largest absolute Gasteiger partial charge is 0.339 e. The summed E-state index contributed by atoms with van der Waals surface area (Å²) in [6.07, 6.45) is 3.57. The molecule has 1 aromatic heterocycles. The molecule has 1 saturated heterocycles. The van der Waals surface area contributed by atoms with Crippen molar-refractivity contribution in [1.82, 2.24) is 18.8 Å². The Balaban J connectivity index is 1.73. The molecule has 7 nitrogen and oxygen atoms in total. The zero-order valence-electron chi connectivity index (χ0n) is 14.4. The number of aromatic nitrogens is 2. The van der Waals surface area contributed by atoms with Crippen LogP contribution in [0, 0.1) is 6.92 Å². The molecule has 0 unspecified atom stereocenters. The molecule has 134 valence electrons. The Morgan fingerprint density at radius 3 is 2.64 bits per heavy atom. The predicted octanol–water partition coefficient (Wildman–Crippen LogP) is 1.27. The van der Waals surface area contributed by atoms with E-state index < -0.39 is 10.0 Å². The maximum absolute atomic E-state index is 12.7. The first-order chi connectivity index (χ1) is 11.9. The summed E-state index contributed by atoms with van der Waals surface area (Å²) in [6, 6.07) is 7.46. The van der Waals surface area contributed by atoms with Gasteiger partial charge in [-0.2, -0.15) is 4.31 Å². The third kappa shape index (κ3) is 3.74. The molecule has 0 N–H and O–H groups in total. The van der Waals surface area contributed by atoms with Crippen molar-refractivity contribution in [3.05, 3.63) is 47.9 Å². The highest BCUT2D eigenvalue weighted by atomic mass is 32.2. The number of imidazole rings is 1. The molecule has 0 bridgehead atoms. The molecule has 0 radical (unpaired) electrons. The maximum atomic E-state index is 12.7. The summed E-state index contributed by atoms with van der Waals surface area (Å²) in [5.74, 6) is -0.0548. The lowest BCUT2D eigenvalue weighted by Crippen LogP contribution is -2.37. The van der Waals surface area contributed by atoms with E-state index in [0.29, 0.717) is 31.6 Å². The molecule has 0 spiro atoms. The number of sulfonamides is 1. The molecule has 25 heavy (non-hydrogen) atoms. The van der Waals surface area contributed by atoms with Gasteiger partial charge >= 0.3 is 0 Å². The van der Waals surface area contributed by atoms with Gasteiger partial charge in [0.1, 0.15) is 0 Å². The molecular weight excluding hydrogens is 340 g/mol. The Morgan fingerprint density at radius 2 is 1.96 bits per heavy atom. The van der Waals surface area contributed by atoms with Crippen molar-refractivity contribution < 1.29 is 13.2 Å². The third-order valence-corrected chi connectivity index (χ3v) is 6.08. The van der Waals surface area contributed by atoms with Crippen LogP contribution in [0.4, 0.5) is 0 Å². The summed E-state index contributed by atoms with van der Waals surface area (Å²) < 4.78 is 28.4. The topological polar surface area (TPSA) is 75.5 Å². The monoisotopic (exact) mass is 362 g/mol. The Morgan fingerprint density at radius 1 is 1.16 bits per heavy atom. The Labute approximate surface area is 147 Å². The second kappa shape index (κ2) is 6.97. The highest BCUT2D eigenvalue weighted by Gasteiger charge is 2.30. The van der Waals surface area contributed by atoms with Gasteiger partial charge in [0.15, 0.2) is 5.03 Å². The first kappa shape index (κ1) is 17.6. The van der Waals surface area contributed by atoms with Gasteiger partial charge in [-0.3, -0.25) is 4.79 Å². The number of aryl methyl sites for hydroxylation is 2. The predicted molar refractivity (Wildman–Crippen MR) is 93.7 cm³/mol. The third-order valence-electron chi connectivity index (χ3n) is 4.29. The highest BCUT2D eigenvalue weighted by molar-refractivity contribution is 7.89. The number of hydrogen-bond acceptors (Lipinski definition) is 4. The van der Waals surface area contributed by atoms with E-state index >= 15 is 0 Å². The van der Waals surface area contributed by atoms with E-state index in [-0.39, 0.29) is 17.5 Å². The molecule has 8 heteroatoms. The fourth-order valence-corrected chi connectivity index (χ4v) is 4.39. The summed E-state index contributed by atoms with van der Waals surface area (Å²) in [7, 11) is -1.89. The lowest BCUT2D eigenvalue weighted by Gasteiger charge is -2.21. The fraction of sp³-hybridized carbons (Fsp3) is 0.412. The van der Waals surface area contributed by atoms with Gasteiger partial charge in [-0.05, 0) is 25.5 Å². The van der Waals surface area contributed by atoms with Crippen LogP contribution in [0.3, 0.4) is 0 Å². The quantitative estimate of drug-likeness (QED) is 0.824. The molecule has 0 saturated carbocycles. The van der Waals surface area contributed by atoms with E-state index in [0.717, 1.165) is 5.56 Å². The Bertz CT molecular complexity index is 876. The molecule has 1 fully saturated rings. The van der Waals surface area contributed by atoms with Crippen LogP contribution < -0.4 is 0 Å². The van der Waals surface area contributed by atoms with Crippen LogP contribution in [-0.2, 0) is 17.1 Å². The second-order valence-electron chi connectivity index (χ2n) is 6.30. The normalized spacial score (nSPS) is 16.6. The van der Waals surface area contributed by atoms with Crippen LogP contribution in [-0.4, -0.2) is 59.3 Å². The molecular formula is C17H22N4O3S. The SMILES string of the molecule is Cc1cccc(C(=O)N2CCCN(S(=O)(=O)c3cn(C)cn3)CC2)c1. The molecule has 0 aliphatic carbocycles. The maximum Gasteiger partial charge on any atom is 0.262 e. The van der Waals surface area contributed by atoms with Crippen LogP contribution in [0.1, 0.15) is 22.3 Å². The summed E-state index contributed by atoms with van der Waals surface area (Å²) in [5.41, 5.74) is 1.67. The second-order valence-corrected chi connectivity index (χ2v) is 8.18. The molecule has 2 aromatic rings. The van der Waals surface area contributed by atoms with Gasteiger partial charge in [-0.1, -0.05) is 17.7 Å². The van der Waals surface area contributed by atoms with Crippen LogP contribution in [0.2, 0.25) is 0 Å². The molecule has 1 aromatic carbocycles. The van der Waals surface area contributed by atoms with Gasteiger partial charge < -0.3 is 9.47 Å². The number of carbonyl (C=O) groups excluding carboxylic acids is 1. The summed E-state index contributed by atoms with van der Waals surface area (Å²) in [4.78, 5) is 18.4. The molecule has 0 atom stereocenters. The molecule has 2 heterocycles. The molecule has 1 aliphatic heterocycles. The van der Waals surface area contributed by atoms with Gasteiger partial charge in [0.05, 0.1) is 6.33 Å².